The van der Waals surface area contributed by atoms with Crippen LogP contribution in [0.4, 0.5) is 0 Å². The van der Waals surface area contributed by atoms with E-state index in [0.717, 1.165) is 15.8 Å². The van der Waals surface area contributed by atoms with Crippen LogP contribution in [-0.4, -0.2) is 4.98 Å². The van der Waals surface area contributed by atoms with Crippen LogP contribution in [0.5, 0.6) is 0 Å². The van der Waals surface area contributed by atoms with Crippen molar-refractivity contribution in [3.8, 4) is 0 Å². The van der Waals surface area contributed by atoms with E-state index in [4.69, 9.17) is 0 Å². The molecule has 1 nitrogen and oxygen atoms in total. The highest BCUT2D eigenvalue weighted by Crippen LogP contribution is 2.29. The first-order valence-corrected chi connectivity index (χ1v) is 7.55. The number of aromatic nitrogens is 1. The van der Waals surface area contributed by atoms with Gasteiger partial charge in [0, 0.05) is 31.6 Å². The third-order valence-corrected chi connectivity index (χ3v) is 5.63. The Balaban J connectivity index is 1.94. The van der Waals surface area contributed by atoms with Gasteiger partial charge in [-0.3, -0.25) is 0 Å². The van der Waals surface area contributed by atoms with Gasteiger partial charge in [-0.25, -0.2) is 4.98 Å². The van der Waals surface area contributed by atoms with E-state index in [0.29, 0.717) is 0 Å². The molecule has 0 saturated heterocycles. The molecule has 0 aliphatic heterocycles. The summed E-state index contributed by atoms with van der Waals surface area (Å²) in [6.07, 6.45) is 0. The van der Waals surface area contributed by atoms with E-state index in [1.807, 2.05) is 6.92 Å². The molecule has 0 bridgehead atoms. The Morgan fingerprint density at radius 1 is 1.43 bits per heavy atom. The van der Waals surface area contributed by atoms with E-state index in [1.165, 1.54) is 9.35 Å². The lowest BCUT2D eigenvalue weighted by Crippen LogP contribution is -1.74. The van der Waals surface area contributed by atoms with Gasteiger partial charge in [0.15, 0.2) is 0 Å². The molecule has 74 valence electrons. The maximum atomic E-state index is 4.41. The molecule has 0 N–H and O–H groups in total. The van der Waals surface area contributed by atoms with Crippen LogP contribution in [0.15, 0.2) is 25.6 Å². The van der Waals surface area contributed by atoms with Crippen molar-refractivity contribution in [1.29, 1.82) is 0 Å². The van der Waals surface area contributed by atoms with Gasteiger partial charge in [-0.15, -0.1) is 22.7 Å². The van der Waals surface area contributed by atoms with Crippen LogP contribution >= 0.6 is 50.4 Å². The monoisotopic (exact) mass is 305 g/mol. The van der Waals surface area contributed by atoms with E-state index >= 15 is 0 Å². The number of thiophene rings is 1. The van der Waals surface area contributed by atoms with Crippen molar-refractivity contribution in [3.63, 3.8) is 0 Å². The zero-order valence-electron chi connectivity index (χ0n) is 7.49. The van der Waals surface area contributed by atoms with Gasteiger partial charge in [0.2, 0.25) is 0 Å². The number of rotatable bonds is 3. The largest absolute Gasteiger partial charge is 0.235 e. The summed E-state index contributed by atoms with van der Waals surface area (Å²) in [6, 6.07) is 2.16. The van der Waals surface area contributed by atoms with Crippen molar-refractivity contribution in [1.82, 2.24) is 4.98 Å². The second-order valence-electron chi connectivity index (χ2n) is 2.77. The second-order valence-corrected chi connectivity index (χ2v) is 6.77. The number of hydrogen-bond donors (Lipinski definition) is 0. The average molecular weight is 306 g/mol. The Labute approximate surface area is 104 Å². The van der Waals surface area contributed by atoms with E-state index in [2.05, 4.69) is 37.7 Å². The van der Waals surface area contributed by atoms with Crippen LogP contribution in [0.3, 0.4) is 0 Å². The molecule has 0 radical (unpaired) electrons. The summed E-state index contributed by atoms with van der Waals surface area (Å²) in [4.78, 5) is 5.79. The third-order valence-electron chi connectivity index (χ3n) is 1.56. The van der Waals surface area contributed by atoms with Crippen molar-refractivity contribution >= 4 is 50.4 Å². The summed E-state index contributed by atoms with van der Waals surface area (Å²) in [5.41, 5.74) is 1.12. The Kier molecular flexibility index (Phi) is 3.65. The molecule has 2 aromatic heterocycles. The lowest BCUT2D eigenvalue weighted by Gasteiger charge is -1.92. The summed E-state index contributed by atoms with van der Waals surface area (Å²) >= 11 is 8.76. The normalized spacial score (nSPS) is 10.7. The molecule has 0 aliphatic carbocycles. The Morgan fingerprint density at radius 2 is 2.29 bits per heavy atom. The van der Waals surface area contributed by atoms with Gasteiger partial charge >= 0.3 is 0 Å². The van der Waals surface area contributed by atoms with Gasteiger partial charge < -0.3 is 0 Å². The maximum Gasteiger partial charge on any atom is 0.150 e. The number of nitrogens with zero attached hydrogens (tertiary/aromatic N) is 1. The van der Waals surface area contributed by atoms with Crippen molar-refractivity contribution < 1.29 is 0 Å². The first kappa shape index (κ1) is 10.7. The highest BCUT2D eigenvalue weighted by Gasteiger charge is 2.02. The van der Waals surface area contributed by atoms with E-state index < -0.39 is 0 Å². The molecule has 2 aromatic rings. The van der Waals surface area contributed by atoms with E-state index in [-0.39, 0.29) is 0 Å². The lowest BCUT2D eigenvalue weighted by molar-refractivity contribution is 1.16. The van der Waals surface area contributed by atoms with Gasteiger partial charge in [0.25, 0.3) is 0 Å². The fourth-order valence-electron chi connectivity index (χ4n) is 0.961. The minimum atomic E-state index is 1.02. The fourth-order valence-corrected chi connectivity index (χ4v) is 4.32. The molecule has 2 rings (SSSR count). The Hall–Kier alpha value is 0.160. The van der Waals surface area contributed by atoms with Crippen LogP contribution in [0.25, 0.3) is 0 Å². The predicted molar refractivity (Wildman–Crippen MR) is 68.4 cm³/mol. The molecular formula is C9H8BrNS3. The van der Waals surface area contributed by atoms with E-state index in [1.54, 1.807) is 34.4 Å². The summed E-state index contributed by atoms with van der Waals surface area (Å²) in [6.45, 7) is 2.03. The molecule has 0 unspecified atom stereocenters. The summed E-state index contributed by atoms with van der Waals surface area (Å²) in [7, 11) is 0. The first-order chi connectivity index (χ1) is 6.74. The molecule has 0 atom stereocenters. The van der Waals surface area contributed by atoms with Crippen molar-refractivity contribution in [2.75, 3.05) is 0 Å². The molecule has 0 aliphatic rings. The van der Waals surface area contributed by atoms with Crippen LogP contribution in [0, 0.1) is 6.92 Å². The van der Waals surface area contributed by atoms with Gasteiger partial charge in [-0.1, -0.05) is 11.8 Å². The predicted octanol–water partition coefficient (Wildman–Crippen LogP) is 4.57. The number of aryl methyl sites for hydroxylation is 1. The number of hydrogen-bond acceptors (Lipinski definition) is 4. The van der Waals surface area contributed by atoms with Crippen LogP contribution in [-0.2, 0) is 5.75 Å². The fraction of sp³-hybridized carbons (Fsp3) is 0.222. The van der Waals surface area contributed by atoms with Crippen LogP contribution < -0.4 is 0 Å². The molecule has 0 fully saturated rings. The van der Waals surface area contributed by atoms with Crippen LogP contribution in [0.1, 0.15) is 10.6 Å². The SMILES string of the molecule is Cc1csc(SCc2cc(Br)cs2)n1. The summed E-state index contributed by atoms with van der Waals surface area (Å²) < 4.78 is 2.33. The average Bonchev–Trinajstić information content (AvgIpc) is 2.72. The van der Waals surface area contributed by atoms with E-state index in [9.17, 15) is 0 Å². The zero-order valence-corrected chi connectivity index (χ0v) is 11.5. The molecule has 2 heterocycles. The maximum absolute atomic E-state index is 4.41. The van der Waals surface area contributed by atoms with Crippen molar-refractivity contribution in [3.05, 3.63) is 31.9 Å². The molecule has 14 heavy (non-hydrogen) atoms. The second kappa shape index (κ2) is 4.79. The molecule has 0 spiro atoms. The van der Waals surface area contributed by atoms with Gasteiger partial charge in [-0.2, -0.15) is 0 Å². The molecule has 0 saturated carbocycles. The lowest BCUT2D eigenvalue weighted by atomic mass is 10.5. The van der Waals surface area contributed by atoms with Crippen molar-refractivity contribution in [2.24, 2.45) is 0 Å². The number of thioether (sulfide) groups is 1. The van der Waals surface area contributed by atoms with Gasteiger partial charge in [-0.05, 0) is 28.9 Å². The summed E-state index contributed by atoms with van der Waals surface area (Å²) in [5, 5.41) is 4.20. The standard InChI is InChI=1S/C9H8BrNS3/c1-6-3-13-9(11-6)14-5-8-2-7(10)4-12-8/h2-4H,5H2,1H3. The molecule has 5 heteroatoms. The molecule has 0 amide bonds. The highest BCUT2D eigenvalue weighted by atomic mass is 79.9. The van der Waals surface area contributed by atoms with Crippen LogP contribution in [0.2, 0.25) is 0 Å². The number of thiazole rings is 1. The van der Waals surface area contributed by atoms with Crippen molar-refractivity contribution in [2.45, 2.75) is 17.0 Å². The summed E-state index contributed by atoms with van der Waals surface area (Å²) in [5.74, 6) is 1.02. The minimum Gasteiger partial charge on any atom is -0.235 e. The third kappa shape index (κ3) is 2.82. The smallest absolute Gasteiger partial charge is 0.150 e. The molecule has 0 aromatic carbocycles. The number of halogens is 1. The topological polar surface area (TPSA) is 12.9 Å². The highest BCUT2D eigenvalue weighted by molar-refractivity contribution is 9.10. The zero-order chi connectivity index (χ0) is 9.97. The first-order valence-electron chi connectivity index (χ1n) is 4.02. The Bertz CT molecular complexity index is 381. The Morgan fingerprint density at radius 3 is 2.86 bits per heavy atom. The minimum absolute atomic E-state index is 1.02. The molecular weight excluding hydrogens is 298 g/mol. The van der Waals surface area contributed by atoms with Gasteiger partial charge in [0.1, 0.15) is 4.34 Å². The quantitative estimate of drug-likeness (QED) is 0.771. The van der Waals surface area contributed by atoms with Gasteiger partial charge in [0.05, 0.1) is 0 Å².